The summed E-state index contributed by atoms with van der Waals surface area (Å²) in [5.74, 6) is -0.542. The van der Waals surface area contributed by atoms with Crippen molar-refractivity contribution in [2.75, 3.05) is 4.72 Å². The zero-order valence-corrected chi connectivity index (χ0v) is 17.0. The highest BCUT2D eigenvalue weighted by atomic mass is 79.9. The monoisotopic (exact) mass is 516 g/mol. The van der Waals surface area contributed by atoms with E-state index >= 15 is 0 Å². The number of nitrogens with one attached hydrogen (secondary N) is 1. The van der Waals surface area contributed by atoms with Gasteiger partial charge in [-0.1, -0.05) is 15.9 Å². The van der Waals surface area contributed by atoms with Crippen LogP contribution in [0.3, 0.4) is 0 Å². The molecule has 0 saturated heterocycles. The summed E-state index contributed by atoms with van der Waals surface area (Å²) in [5.41, 5.74) is -7.14. The molecule has 1 amide bonds. The van der Waals surface area contributed by atoms with Gasteiger partial charge in [-0.2, -0.15) is 34.8 Å². The van der Waals surface area contributed by atoms with Crippen molar-refractivity contribution in [2.24, 2.45) is 0 Å². The van der Waals surface area contributed by atoms with Crippen molar-refractivity contribution in [3.05, 3.63) is 63.1 Å². The molecule has 162 valence electrons. The number of fused-ring (bicyclic) bond motifs is 1. The number of alkyl halides is 6. The van der Waals surface area contributed by atoms with Crippen LogP contribution in [0.1, 0.15) is 27.0 Å². The molecule has 0 aromatic heterocycles. The molecule has 5 nitrogen and oxygen atoms in total. The molecular weight excluding hydrogens is 506 g/mol. The molecule has 0 fully saturated rings. The van der Waals surface area contributed by atoms with Crippen LogP contribution in [0.15, 0.2) is 40.9 Å². The summed E-state index contributed by atoms with van der Waals surface area (Å²) in [7, 11) is -5.87. The Labute approximate surface area is 174 Å². The van der Waals surface area contributed by atoms with Crippen molar-refractivity contribution in [1.29, 1.82) is 0 Å². The van der Waals surface area contributed by atoms with E-state index in [4.69, 9.17) is 0 Å². The number of amides is 1. The summed E-state index contributed by atoms with van der Waals surface area (Å²) in [6.45, 7) is -0.542. The van der Waals surface area contributed by atoms with Crippen LogP contribution in [0.2, 0.25) is 0 Å². The summed E-state index contributed by atoms with van der Waals surface area (Å²) < 4.78 is 102. The lowest BCUT2D eigenvalue weighted by Gasteiger charge is -2.21. The average molecular weight is 517 g/mol. The van der Waals surface area contributed by atoms with E-state index in [0.717, 1.165) is 4.90 Å². The molecule has 0 spiro atoms. The molecular formula is C17H11BrF6N2O3S. The molecule has 3 rings (SSSR count). The molecule has 0 aliphatic carbocycles. The third kappa shape index (κ3) is 4.41. The normalized spacial score (nSPS) is 14.8. The largest absolute Gasteiger partial charge is 0.516 e. The maximum atomic E-state index is 13.1. The first-order valence-electron chi connectivity index (χ1n) is 8.06. The maximum absolute atomic E-state index is 13.1. The molecule has 2 aromatic rings. The third-order valence-electron chi connectivity index (χ3n) is 4.29. The molecule has 0 radical (unpaired) electrons. The number of carbonyl (C=O) groups excluding carboxylic acids is 1. The number of halogens is 7. The maximum Gasteiger partial charge on any atom is 0.516 e. The van der Waals surface area contributed by atoms with Crippen molar-refractivity contribution in [3.8, 4) is 0 Å². The van der Waals surface area contributed by atoms with Gasteiger partial charge in [0.25, 0.3) is 5.91 Å². The van der Waals surface area contributed by atoms with E-state index < -0.39 is 51.0 Å². The van der Waals surface area contributed by atoms with Crippen molar-refractivity contribution in [1.82, 2.24) is 4.90 Å². The molecule has 0 unspecified atom stereocenters. The standard InChI is InChI=1S/C17H11BrF6N2O3S/c18-12-2-3-13-9(6-12)7-26(15(13)27)8-10-5-11(16(19,20)21)1-4-14(10)25-30(28,29)17(22,23)24/h1-6,25H,7-8H2. The average Bonchev–Trinajstić information content (AvgIpc) is 2.89. The number of hydrogen-bond acceptors (Lipinski definition) is 3. The van der Waals surface area contributed by atoms with Crippen LogP contribution in [0, 0.1) is 0 Å². The number of nitrogens with zero attached hydrogens (tertiary/aromatic N) is 1. The fourth-order valence-corrected chi connectivity index (χ4v) is 3.90. The number of hydrogen-bond donors (Lipinski definition) is 1. The number of carbonyl (C=O) groups is 1. The van der Waals surface area contributed by atoms with Crippen molar-refractivity contribution >= 4 is 37.5 Å². The third-order valence-corrected chi connectivity index (χ3v) is 5.88. The van der Waals surface area contributed by atoms with E-state index in [-0.39, 0.29) is 6.54 Å². The molecule has 1 N–H and O–H groups in total. The molecule has 13 heteroatoms. The van der Waals surface area contributed by atoms with Crippen molar-refractivity contribution in [2.45, 2.75) is 24.8 Å². The molecule has 1 heterocycles. The minimum absolute atomic E-state index is 0.00465. The Morgan fingerprint density at radius 1 is 1.03 bits per heavy atom. The smallest absolute Gasteiger partial charge is 0.330 e. The van der Waals surface area contributed by atoms with Gasteiger partial charge in [-0.3, -0.25) is 9.52 Å². The Balaban J connectivity index is 1.99. The molecule has 30 heavy (non-hydrogen) atoms. The van der Waals surface area contributed by atoms with E-state index in [1.165, 1.54) is 10.8 Å². The van der Waals surface area contributed by atoms with E-state index in [9.17, 15) is 39.6 Å². The fraction of sp³-hybridized carbons (Fsp3) is 0.235. The minimum atomic E-state index is -5.87. The first kappa shape index (κ1) is 22.4. The number of sulfonamides is 1. The number of rotatable bonds is 4. The summed E-state index contributed by atoms with van der Waals surface area (Å²) in [4.78, 5) is 13.6. The van der Waals surface area contributed by atoms with Crippen LogP contribution in [0.4, 0.5) is 32.0 Å². The van der Waals surface area contributed by atoms with Gasteiger partial charge in [-0.15, -0.1) is 0 Å². The first-order chi connectivity index (χ1) is 13.7. The second kappa shape index (κ2) is 7.45. The van der Waals surface area contributed by atoms with Crippen LogP contribution in [-0.4, -0.2) is 24.7 Å². The highest BCUT2D eigenvalue weighted by Crippen LogP contribution is 2.35. The highest BCUT2D eigenvalue weighted by Gasteiger charge is 2.46. The molecule has 0 saturated carbocycles. The van der Waals surface area contributed by atoms with Gasteiger partial charge in [-0.05, 0) is 47.5 Å². The van der Waals surface area contributed by atoms with Gasteiger partial charge in [0.05, 0.1) is 11.3 Å². The van der Waals surface area contributed by atoms with E-state index in [2.05, 4.69) is 15.9 Å². The Morgan fingerprint density at radius 2 is 1.70 bits per heavy atom. The minimum Gasteiger partial charge on any atom is -0.330 e. The topological polar surface area (TPSA) is 66.5 Å². The highest BCUT2D eigenvalue weighted by molar-refractivity contribution is 9.10. The van der Waals surface area contributed by atoms with Gasteiger partial charge >= 0.3 is 21.7 Å². The zero-order chi connectivity index (χ0) is 22.5. The van der Waals surface area contributed by atoms with Gasteiger partial charge in [0.15, 0.2) is 0 Å². The molecule has 1 aliphatic rings. The molecule has 0 atom stereocenters. The lowest BCUT2D eigenvalue weighted by atomic mass is 10.1. The second-order valence-electron chi connectivity index (χ2n) is 6.38. The zero-order valence-electron chi connectivity index (χ0n) is 14.6. The number of anilines is 1. The van der Waals surface area contributed by atoms with Crippen LogP contribution in [0.25, 0.3) is 0 Å². The quantitative estimate of drug-likeness (QED) is 0.588. The van der Waals surface area contributed by atoms with Gasteiger partial charge in [0.1, 0.15) is 0 Å². The summed E-state index contributed by atoms with van der Waals surface area (Å²) in [6.07, 6.45) is -4.82. The van der Waals surface area contributed by atoms with Gasteiger partial charge in [0.2, 0.25) is 0 Å². The summed E-state index contributed by atoms with van der Waals surface area (Å²) in [6, 6.07) is 6.28. The second-order valence-corrected chi connectivity index (χ2v) is 8.97. The Hall–Kier alpha value is -2.28. The Kier molecular flexibility index (Phi) is 5.56. The molecule has 1 aliphatic heterocycles. The predicted octanol–water partition coefficient (Wildman–Crippen LogP) is 4.89. The van der Waals surface area contributed by atoms with Crippen LogP contribution in [0.5, 0.6) is 0 Å². The van der Waals surface area contributed by atoms with Gasteiger partial charge in [-0.25, -0.2) is 0 Å². The SMILES string of the molecule is O=C1c2ccc(Br)cc2CN1Cc1cc(C(F)(F)F)ccc1NS(=O)(=O)C(F)(F)F. The number of benzene rings is 2. The van der Waals surface area contributed by atoms with Gasteiger partial charge in [0, 0.05) is 23.1 Å². The van der Waals surface area contributed by atoms with Crippen molar-refractivity contribution < 1.29 is 39.6 Å². The van der Waals surface area contributed by atoms with E-state index in [1.807, 2.05) is 0 Å². The van der Waals surface area contributed by atoms with Gasteiger partial charge < -0.3 is 4.90 Å². The Bertz CT molecular complexity index is 1120. The van der Waals surface area contributed by atoms with Crippen LogP contribution in [-0.2, 0) is 29.3 Å². The molecule has 0 bridgehead atoms. The van der Waals surface area contributed by atoms with Crippen molar-refractivity contribution in [3.63, 3.8) is 0 Å². The molecule has 2 aromatic carbocycles. The predicted molar refractivity (Wildman–Crippen MR) is 97.8 cm³/mol. The van der Waals surface area contributed by atoms with Crippen LogP contribution < -0.4 is 4.72 Å². The van der Waals surface area contributed by atoms with E-state index in [1.54, 1.807) is 12.1 Å². The Morgan fingerprint density at radius 3 is 2.30 bits per heavy atom. The van der Waals surface area contributed by atoms with E-state index in [0.29, 0.717) is 33.8 Å². The lowest BCUT2D eigenvalue weighted by molar-refractivity contribution is -0.137. The first-order valence-corrected chi connectivity index (χ1v) is 10.3. The van der Waals surface area contributed by atoms with Crippen LogP contribution >= 0.6 is 15.9 Å². The summed E-state index contributed by atoms with van der Waals surface area (Å²) >= 11 is 3.23. The fourth-order valence-electron chi connectivity index (χ4n) is 2.89. The lowest BCUT2D eigenvalue weighted by Crippen LogP contribution is -2.31. The summed E-state index contributed by atoms with van der Waals surface area (Å²) in [5, 5.41) is 0.